The van der Waals surface area contributed by atoms with Crippen LogP contribution in [0.4, 0.5) is 0 Å². The Morgan fingerprint density at radius 3 is 2.30 bits per heavy atom. The zero-order valence-corrected chi connectivity index (χ0v) is 13.3. The molecule has 0 spiro atoms. The summed E-state index contributed by atoms with van der Waals surface area (Å²) in [6, 6.07) is 0.886. The van der Waals surface area contributed by atoms with E-state index in [0.717, 1.165) is 41.5 Å². The van der Waals surface area contributed by atoms with E-state index in [1.54, 1.807) is 19.3 Å². The largest absolute Gasteiger partial charge is 0.314 e. The number of rotatable bonds is 6. The lowest BCUT2D eigenvalue weighted by atomic mass is 9.82. The van der Waals surface area contributed by atoms with E-state index in [1.165, 1.54) is 51.5 Å². The molecule has 1 nitrogen and oxygen atoms in total. The van der Waals surface area contributed by atoms with Gasteiger partial charge in [0.25, 0.3) is 0 Å². The number of hydrogen-bond acceptors (Lipinski definition) is 1. The maximum absolute atomic E-state index is 3.98. The van der Waals surface area contributed by atoms with E-state index in [1.807, 2.05) is 0 Å². The van der Waals surface area contributed by atoms with Crippen LogP contribution in [0.5, 0.6) is 0 Å². The molecule has 0 heterocycles. The molecule has 4 rings (SSSR count). The van der Waals surface area contributed by atoms with E-state index in [0.29, 0.717) is 0 Å². The molecule has 5 unspecified atom stereocenters. The second-order valence-corrected chi connectivity index (χ2v) is 8.37. The van der Waals surface area contributed by atoms with Gasteiger partial charge in [-0.05, 0) is 74.2 Å². The zero-order valence-electron chi connectivity index (χ0n) is 13.3. The summed E-state index contributed by atoms with van der Waals surface area (Å²) < 4.78 is 0. The molecule has 0 radical (unpaired) electrons. The topological polar surface area (TPSA) is 12.0 Å². The van der Waals surface area contributed by atoms with E-state index in [9.17, 15) is 0 Å². The average molecular weight is 275 g/mol. The van der Waals surface area contributed by atoms with Crippen molar-refractivity contribution in [1.82, 2.24) is 5.32 Å². The van der Waals surface area contributed by atoms with Crippen LogP contribution in [0, 0.1) is 35.5 Å². The molecule has 4 saturated carbocycles. The highest BCUT2D eigenvalue weighted by molar-refractivity contribution is 5.15. The molecule has 2 bridgehead atoms. The fourth-order valence-electron chi connectivity index (χ4n) is 6.42. The third-order valence-electron chi connectivity index (χ3n) is 7.23. The monoisotopic (exact) mass is 275 g/mol. The summed E-state index contributed by atoms with van der Waals surface area (Å²) in [6.45, 7) is 3.57. The van der Waals surface area contributed by atoms with Crippen LogP contribution in [0.2, 0.25) is 0 Å². The highest BCUT2D eigenvalue weighted by Gasteiger charge is 2.66. The molecular formula is C19H33N. The van der Waals surface area contributed by atoms with Gasteiger partial charge in [-0.25, -0.2) is 0 Å². The maximum Gasteiger partial charge on any atom is 0.0104 e. The number of hydrogen-bond donors (Lipinski definition) is 1. The van der Waals surface area contributed by atoms with Crippen LogP contribution in [0.1, 0.15) is 71.1 Å². The molecule has 0 aliphatic heterocycles. The molecular weight excluding hydrogens is 242 g/mol. The summed E-state index contributed by atoms with van der Waals surface area (Å²) in [6.07, 6.45) is 15.1. The third kappa shape index (κ3) is 2.34. The van der Waals surface area contributed by atoms with Gasteiger partial charge >= 0.3 is 0 Å². The van der Waals surface area contributed by atoms with Crippen LogP contribution in [-0.4, -0.2) is 12.6 Å². The van der Waals surface area contributed by atoms with Crippen molar-refractivity contribution >= 4 is 0 Å². The van der Waals surface area contributed by atoms with E-state index in [-0.39, 0.29) is 0 Å². The van der Waals surface area contributed by atoms with E-state index < -0.39 is 0 Å². The first-order chi connectivity index (χ1) is 9.88. The first-order valence-electron chi connectivity index (χ1n) is 9.62. The van der Waals surface area contributed by atoms with Gasteiger partial charge in [-0.1, -0.05) is 39.0 Å². The van der Waals surface area contributed by atoms with E-state index in [2.05, 4.69) is 12.2 Å². The predicted octanol–water partition coefficient (Wildman–Crippen LogP) is 4.62. The molecule has 114 valence electrons. The van der Waals surface area contributed by atoms with E-state index >= 15 is 0 Å². The van der Waals surface area contributed by atoms with Crippen molar-refractivity contribution in [3.05, 3.63) is 0 Å². The highest BCUT2D eigenvalue weighted by Crippen LogP contribution is 2.70. The Kier molecular flexibility index (Phi) is 3.83. The second kappa shape index (κ2) is 5.63. The minimum atomic E-state index is 0.886. The Bertz CT molecular complexity index is 317. The van der Waals surface area contributed by atoms with Crippen LogP contribution in [-0.2, 0) is 0 Å². The first-order valence-corrected chi connectivity index (χ1v) is 9.62. The van der Waals surface area contributed by atoms with Crippen molar-refractivity contribution < 1.29 is 0 Å². The van der Waals surface area contributed by atoms with E-state index in [4.69, 9.17) is 0 Å². The van der Waals surface area contributed by atoms with Crippen molar-refractivity contribution in [2.45, 2.75) is 77.2 Å². The maximum atomic E-state index is 3.98. The summed E-state index contributed by atoms with van der Waals surface area (Å²) in [5.41, 5.74) is 0. The molecule has 5 atom stereocenters. The molecule has 0 aromatic rings. The van der Waals surface area contributed by atoms with Gasteiger partial charge < -0.3 is 5.32 Å². The van der Waals surface area contributed by atoms with Crippen LogP contribution >= 0.6 is 0 Å². The van der Waals surface area contributed by atoms with Gasteiger partial charge in [0.1, 0.15) is 0 Å². The van der Waals surface area contributed by atoms with Crippen molar-refractivity contribution in [2.75, 3.05) is 6.54 Å². The van der Waals surface area contributed by atoms with Gasteiger partial charge in [0.05, 0.1) is 0 Å². The lowest BCUT2D eigenvalue weighted by Gasteiger charge is -2.29. The fourth-order valence-corrected chi connectivity index (χ4v) is 6.42. The summed E-state index contributed by atoms with van der Waals surface area (Å²) in [5, 5.41) is 3.98. The summed E-state index contributed by atoms with van der Waals surface area (Å²) in [4.78, 5) is 0. The van der Waals surface area contributed by atoms with Crippen molar-refractivity contribution in [3.63, 3.8) is 0 Å². The molecule has 0 aromatic carbocycles. The lowest BCUT2D eigenvalue weighted by Crippen LogP contribution is -2.36. The Hall–Kier alpha value is -0.0400. The SMILES string of the molecule is CCCNC(CC1CCCCC1)C1C2C3CCC(C3)C21. The van der Waals surface area contributed by atoms with Gasteiger partial charge in [-0.3, -0.25) is 0 Å². The molecule has 4 aliphatic rings. The first kappa shape index (κ1) is 13.6. The molecule has 4 aliphatic carbocycles. The molecule has 4 fully saturated rings. The van der Waals surface area contributed by atoms with Gasteiger partial charge in [0.15, 0.2) is 0 Å². The average Bonchev–Trinajstić information content (AvgIpc) is 2.91. The van der Waals surface area contributed by atoms with Crippen molar-refractivity contribution in [3.8, 4) is 0 Å². The standard InChI is InChI=1S/C19H33N/c1-2-10-20-16(11-13-6-4-3-5-7-13)19-17-14-8-9-15(12-14)18(17)19/h13-20H,2-12H2,1H3. The van der Waals surface area contributed by atoms with Crippen LogP contribution in [0.25, 0.3) is 0 Å². The molecule has 20 heavy (non-hydrogen) atoms. The Balaban J connectivity index is 1.38. The quantitative estimate of drug-likeness (QED) is 0.746. The minimum absolute atomic E-state index is 0.886. The molecule has 1 N–H and O–H groups in total. The Morgan fingerprint density at radius 2 is 1.65 bits per heavy atom. The third-order valence-corrected chi connectivity index (χ3v) is 7.23. The molecule has 0 aromatic heterocycles. The zero-order chi connectivity index (χ0) is 13.5. The molecule has 1 heteroatoms. The predicted molar refractivity (Wildman–Crippen MR) is 84.6 cm³/mol. The lowest BCUT2D eigenvalue weighted by molar-refractivity contribution is 0.262. The minimum Gasteiger partial charge on any atom is -0.314 e. The highest BCUT2D eigenvalue weighted by atomic mass is 14.9. The summed E-state index contributed by atoms with van der Waals surface area (Å²) >= 11 is 0. The number of fused-ring (bicyclic) bond motifs is 5. The fraction of sp³-hybridized carbons (Fsp3) is 1.00. The van der Waals surface area contributed by atoms with Crippen LogP contribution < -0.4 is 5.32 Å². The smallest absolute Gasteiger partial charge is 0.0104 e. The molecule has 0 amide bonds. The Labute approximate surface area is 125 Å². The van der Waals surface area contributed by atoms with Crippen LogP contribution in [0.15, 0.2) is 0 Å². The van der Waals surface area contributed by atoms with Gasteiger partial charge in [0, 0.05) is 6.04 Å². The number of nitrogens with one attached hydrogen (secondary N) is 1. The van der Waals surface area contributed by atoms with Crippen LogP contribution in [0.3, 0.4) is 0 Å². The van der Waals surface area contributed by atoms with Gasteiger partial charge in [-0.15, -0.1) is 0 Å². The van der Waals surface area contributed by atoms with Gasteiger partial charge in [0.2, 0.25) is 0 Å². The summed E-state index contributed by atoms with van der Waals surface area (Å²) in [7, 11) is 0. The Morgan fingerprint density at radius 1 is 0.950 bits per heavy atom. The molecule has 0 saturated heterocycles. The van der Waals surface area contributed by atoms with Gasteiger partial charge in [-0.2, -0.15) is 0 Å². The normalized spacial score (nSPS) is 44.5. The van der Waals surface area contributed by atoms with Crippen molar-refractivity contribution in [1.29, 1.82) is 0 Å². The van der Waals surface area contributed by atoms with Crippen molar-refractivity contribution in [2.24, 2.45) is 35.5 Å². The summed E-state index contributed by atoms with van der Waals surface area (Å²) in [5.74, 6) is 6.75. The second-order valence-electron chi connectivity index (χ2n) is 8.37.